The zero-order valence-corrected chi connectivity index (χ0v) is 6.61. The minimum absolute atomic E-state index is 0.329. The van der Waals surface area contributed by atoms with Crippen LogP contribution in [0.1, 0.15) is 40.0 Å². The molecule has 0 aromatic heterocycles. The van der Waals surface area contributed by atoms with Gasteiger partial charge in [0.1, 0.15) is 5.78 Å². The molecule has 0 N–H and O–H groups in total. The van der Waals surface area contributed by atoms with Crippen LogP contribution in [0.5, 0.6) is 0 Å². The Balaban J connectivity index is 3.54. The summed E-state index contributed by atoms with van der Waals surface area (Å²) in [4.78, 5) is 10.8. The molecule has 9 heavy (non-hydrogen) atoms. The van der Waals surface area contributed by atoms with Gasteiger partial charge in [-0.3, -0.25) is 4.79 Å². The third-order valence-corrected chi connectivity index (χ3v) is 1.70. The minimum atomic E-state index is 0.329. The average molecular weight is 128 g/mol. The lowest BCUT2D eigenvalue weighted by Crippen LogP contribution is -2.08. The molecule has 1 nitrogen and oxygen atoms in total. The van der Waals surface area contributed by atoms with Crippen molar-refractivity contribution in [1.29, 1.82) is 0 Å². The van der Waals surface area contributed by atoms with Gasteiger partial charge in [-0.05, 0) is 19.8 Å². The molecule has 0 saturated heterocycles. The van der Waals surface area contributed by atoms with Crippen LogP contribution in [-0.2, 0) is 4.79 Å². The number of Topliss-reactive ketones (excluding diaryl/α,β-unsaturated/α-hetero) is 1. The van der Waals surface area contributed by atoms with Crippen molar-refractivity contribution >= 4 is 5.78 Å². The molecule has 0 aromatic rings. The minimum Gasteiger partial charge on any atom is -0.300 e. The zero-order valence-electron chi connectivity index (χ0n) is 6.61. The summed E-state index contributed by atoms with van der Waals surface area (Å²) in [7, 11) is 0. The van der Waals surface area contributed by atoms with Crippen molar-refractivity contribution in [1.82, 2.24) is 0 Å². The third-order valence-electron chi connectivity index (χ3n) is 1.70. The number of hydrogen-bond acceptors (Lipinski definition) is 1. The monoisotopic (exact) mass is 128 g/mol. The normalized spacial score (nSPS) is 13.2. The van der Waals surface area contributed by atoms with Crippen LogP contribution < -0.4 is 0 Å². The number of carbonyl (C=O) groups excluding carboxylic acids is 1. The highest BCUT2D eigenvalue weighted by Crippen LogP contribution is 2.10. The van der Waals surface area contributed by atoms with E-state index in [1.54, 1.807) is 6.92 Å². The van der Waals surface area contributed by atoms with Gasteiger partial charge in [-0.2, -0.15) is 0 Å². The molecule has 0 aliphatic carbocycles. The Morgan fingerprint density at radius 2 is 2.00 bits per heavy atom. The Kier molecular flexibility index (Phi) is 4.37. The van der Waals surface area contributed by atoms with E-state index in [-0.39, 0.29) is 0 Å². The molecule has 0 spiro atoms. The second kappa shape index (κ2) is 4.54. The molecule has 54 valence electrons. The summed E-state index contributed by atoms with van der Waals surface area (Å²) in [6.45, 7) is 5.87. The van der Waals surface area contributed by atoms with Gasteiger partial charge in [0.15, 0.2) is 0 Å². The van der Waals surface area contributed by atoms with Crippen molar-refractivity contribution in [3.63, 3.8) is 0 Å². The summed E-state index contributed by atoms with van der Waals surface area (Å²) in [6, 6.07) is 0. The van der Waals surface area contributed by atoms with Crippen LogP contribution >= 0.6 is 0 Å². The lowest BCUT2D eigenvalue weighted by molar-refractivity contribution is -0.121. The highest BCUT2D eigenvalue weighted by molar-refractivity contribution is 5.78. The van der Waals surface area contributed by atoms with E-state index in [1.807, 2.05) is 0 Å². The van der Waals surface area contributed by atoms with Gasteiger partial charge in [0.2, 0.25) is 0 Å². The molecular weight excluding hydrogens is 112 g/mol. The molecular formula is C8H16O. The SMILES string of the molecule is CCC[C@@H](CC)C(C)=O. The van der Waals surface area contributed by atoms with Gasteiger partial charge in [0.25, 0.3) is 0 Å². The van der Waals surface area contributed by atoms with Gasteiger partial charge in [-0.1, -0.05) is 20.3 Å². The maximum Gasteiger partial charge on any atom is 0.132 e. The molecule has 0 rings (SSSR count). The molecule has 0 aliphatic heterocycles. The molecule has 0 aromatic carbocycles. The average Bonchev–Trinajstić information content (AvgIpc) is 1.82. The van der Waals surface area contributed by atoms with Gasteiger partial charge in [-0.25, -0.2) is 0 Å². The van der Waals surface area contributed by atoms with Crippen molar-refractivity contribution in [3.8, 4) is 0 Å². The summed E-state index contributed by atoms with van der Waals surface area (Å²) >= 11 is 0. The largest absolute Gasteiger partial charge is 0.300 e. The number of ketones is 1. The molecule has 0 amide bonds. The van der Waals surface area contributed by atoms with E-state index in [4.69, 9.17) is 0 Å². The van der Waals surface area contributed by atoms with Crippen LogP contribution in [-0.4, -0.2) is 5.78 Å². The quantitative estimate of drug-likeness (QED) is 0.568. The van der Waals surface area contributed by atoms with Crippen LogP contribution in [0, 0.1) is 5.92 Å². The van der Waals surface area contributed by atoms with E-state index >= 15 is 0 Å². The van der Waals surface area contributed by atoms with Crippen molar-refractivity contribution < 1.29 is 4.79 Å². The van der Waals surface area contributed by atoms with Crippen molar-refractivity contribution in [3.05, 3.63) is 0 Å². The van der Waals surface area contributed by atoms with Gasteiger partial charge in [0, 0.05) is 5.92 Å². The zero-order chi connectivity index (χ0) is 7.28. The predicted molar refractivity (Wildman–Crippen MR) is 39.4 cm³/mol. The number of hydrogen-bond donors (Lipinski definition) is 0. The first-order valence-corrected chi connectivity index (χ1v) is 3.72. The molecule has 0 radical (unpaired) electrons. The second-order valence-electron chi connectivity index (χ2n) is 2.50. The van der Waals surface area contributed by atoms with E-state index < -0.39 is 0 Å². The Morgan fingerprint density at radius 1 is 1.44 bits per heavy atom. The fourth-order valence-electron chi connectivity index (χ4n) is 1.04. The third kappa shape index (κ3) is 3.28. The number of carbonyl (C=O) groups is 1. The van der Waals surface area contributed by atoms with Gasteiger partial charge in [-0.15, -0.1) is 0 Å². The Labute approximate surface area is 57.5 Å². The first-order valence-electron chi connectivity index (χ1n) is 3.72. The lowest BCUT2D eigenvalue weighted by atomic mass is 9.97. The molecule has 0 saturated carbocycles. The summed E-state index contributed by atoms with van der Waals surface area (Å²) in [5.41, 5.74) is 0. The van der Waals surface area contributed by atoms with Crippen molar-refractivity contribution in [2.75, 3.05) is 0 Å². The van der Waals surface area contributed by atoms with Crippen LogP contribution in [0.2, 0.25) is 0 Å². The molecule has 0 heterocycles. The lowest BCUT2D eigenvalue weighted by Gasteiger charge is -2.07. The summed E-state index contributed by atoms with van der Waals surface area (Å²) in [5.74, 6) is 0.675. The van der Waals surface area contributed by atoms with Gasteiger partial charge in [0.05, 0.1) is 0 Å². The van der Waals surface area contributed by atoms with E-state index in [0.717, 1.165) is 19.3 Å². The van der Waals surface area contributed by atoms with E-state index in [1.165, 1.54) is 0 Å². The Morgan fingerprint density at radius 3 is 2.11 bits per heavy atom. The van der Waals surface area contributed by atoms with E-state index in [2.05, 4.69) is 13.8 Å². The van der Waals surface area contributed by atoms with Gasteiger partial charge < -0.3 is 0 Å². The van der Waals surface area contributed by atoms with E-state index in [9.17, 15) is 4.79 Å². The highest BCUT2D eigenvalue weighted by atomic mass is 16.1. The molecule has 0 bridgehead atoms. The Hall–Kier alpha value is -0.330. The molecule has 0 fully saturated rings. The maximum atomic E-state index is 10.8. The molecule has 0 unspecified atom stereocenters. The fourth-order valence-corrected chi connectivity index (χ4v) is 1.04. The summed E-state index contributed by atoms with van der Waals surface area (Å²) in [6.07, 6.45) is 3.19. The standard InChI is InChI=1S/C8H16O/c1-4-6-8(5-2)7(3)9/h8H,4-6H2,1-3H3/t8-/m1/s1. The second-order valence-corrected chi connectivity index (χ2v) is 2.50. The van der Waals surface area contributed by atoms with Crippen LogP contribution in [0.3, 0.4) is 0 Å². The Bertz CT molecular complexity index is 86.6. The van der Waals surface area contributed by atoms with Crippen LogP contribution in [0.4, 0.5) is 0 Å². The molecule has 0 aliphatic rings. The fraction of sp³-hybridized carbons (Fsp3) is 0.875. The van der Waals surface area contributed by atoms with Crippen molar-refractivity contribution in [2.24, 2.45) is 5.92 Å². The maximum absolute atomic E-state index is 10.8. The first-order chi connectivity index (χ1) is 4.22. The van der Waals surface area contributed by atoms with E-state index in [0.29, 0.717) is 11.7 Å². The highest BCUT2D eigenvalue weighted by Gasteiger charge is 2.08. The molecule has 1 heteroatoms. The first kappa shape index (κ1) is 8.67. The summed E-state index contributed by atoms with van der Waals surface area (Å²) in [5, 5.41) is 0. The molecule has 1 atom stereocenters. The predicted octanol–water partition coefficient (Wildman–Crippen LogP) is 2.40. The van der Waals surface area contributed by atoms with Crippen molar-refractivity contribution in [2.45, 2.75) is 40.0 Å². The number of rotatable bonds is 4. The summed E-state index contributed by atoms with van der Waals surface area (Å²) < 4.78 is 0. The van der Waals surface area contributed by atoms with Crippen LogP contribution in [0.15, 0.2) is 0 Å². The topological polar surface area (TPSA) is 17.1 Å². The van der Waals surface area contributed by atoms with Crippen LogP contribution in [0.25, 0.3) is 0 Å². The van der Waals surface area contributed by atoms with Gasteiger partial charge >= 0.3 is 0 Å². The smallest absolute Gasteiger partial charge is 0.132 e.